The van der Waals surface area contributed by atoms with Crippen LogP contribution in [0.1, 0.15) is 38.3 Å². The van der Waals surface area contributed by atoms with E-state index in [4.69, 9.17) is 4.42 Å². The van der Waals surface area contributed by atoms with E-state index >= 15 is 0 Å². The number of carbonyl (C=O) groups excluding carboxylic acids is 2. The van der Waals surface area contributed by atoms with Crippen molar-refractivity contribution in [2.24, 2.45) is 0 Å². The van der Waals surface area contributed by atoms with Gasteiger partial charge < -0.3 is 9.73 Å². The maximum Gasteiger partial charge on any atom is 0.287 e. The van der Waals surface area contributed by atoms with Gasteiger partial charge in [-0.05, 0) is 29.1 Å². The Balaban J connectivity index is 1.80. The summed E-state index contributed by atoms with van der Waals surface area (Å²) in [7, 11) is 0. The molecule has 1 atom stereocenters. The minimum atomic E-state index is -0.285. The first-order chi connectivity index (χ1) is 8.25. The number of Topliss-reactive ketones (excluding diaryl/α,β-unsaturated/α-hetero) is 1. The molecular formula is C12H9NO3S. The molecule has 2 aromatic rings. The normalized spacial score (nSPS) is 18.1. The standard InChI is InChI=1S/C12H9NO3S/c14-9-6-8(7-3-5-17-11(7)9)13-12(15)10-2-1-4-16-10/h1-5,8H,6H2,(H,13,15)/t8-/m1/s1. The Kier molecular flexibility index (Phi) is 2.33. The van der Waals surface area contributed by atoms with Crippen LogP contribution in [-0.4, -0.2) is 11.7 Å². The fourth-order valence-corrected chi connectivity index (χ4v) is 2.89. The summed E-state index contributed by atoms with van der Waals surface area (Å²) in [5.74, 6) is 0.0766. The Bertz CT molecular complexity index is 570. The van der Waals surface area contributed by atoms with Crippen LogP contribution in [0.25, 0.3) is 0 Å². The number of ketones is 1. The fraction of sp³-hybridized carbons (Fsp3) is 0.167. The van der Waals surface area contributed by atoms with Gasteiger partial charge in [0.15, 0.2) is 11.5 Å². The Morgan fingerprint density at radius 1 is 1.47 bits per heavy atom. The van der Waals surface area contributed by atoms with E-state index in [1.165, 1.54) is 17.6 Å². The molecule has 17 heavy (non-hydrogen) atoms. The van der Waals surface area contributed by atoms with Crippen molar-refractivity contribution in [2.45, 2.75) is 12.5 Å². The Morgan fingerprint density at radius 3 is 3.12 bits per heavy atom. The van der Waals surface area contributed by atoms with Crippen LogP contribution in [0, 0.1) is 0 Å². The number of rotatable bonds is 2. The third-order valence-corrected chi connectivity index (χ3v) is 3.74. The van der Waals surface area contributed by atoms with Gasteiger partial charge in [0.2, 0.25) is 0 Å². The van der Waals surface area contributed by atoms with Crippen molar-refractivity contribution in [3.05, 3.63) is 46.0 Å². The Labute approximate surface area is 101 Å². The summed E-state index contributed by atoms with van der Waals surface area (Å²) in [6.45, 7) is 0. The van der Waals surface area contributed by atoms with Crippen LogP contribution in [0.5, 0.6) is 0 Å². The molecule has 0 aromatic carbocycles. The number of thiophene rings is 1. The molecule has 3 rings (SSSR count). The van der Waals surface area contributed by atoms with Crippen LogP contribution >= 0.6 is 11.3 Å². The number of nitrogens with one attached hydrogen (secondary N) is 1. The predicted molar refractivity (Wildman–Crippen MR) is 62.2 cm³/mol. The molecule has 2 aromatic heterocycles. The summed E-state index contributed by atoms with van der Waals surface area (Å²) in [4.78, 5) is 24.2. The second-order valence-corrected chi connectivity index (χ2v) is 4.75. The lowest BCUT2D eigenvalue weighted by Gasteiger charge is -2.10. The second-order valence-electron chi connectivity index (χ2n) is 3.84. The van der Waals surface area contributed by atoms with Gasteiger partial charge in [-0.2, -0.15) is 0 Å². The van der Waals surface area contributed by atoms with Gasteiger partial charge in [-0.1, -0.05) is 0 Å². The van der Waals surface area contributed by atoms with E-state index in [-0.39, 0.29) is 23.5 Å². The molecule has 0 saturated heterocycles. The Morgan fingerprint density at radius 2 is 2.35 bits per heavy atom. The zero-order valence-electron chi connectivity index (χ0n) is 8.80. The molecule has 1 aliphatic carbocycles. The third kappa shape index (κ3) is 1.68. The lowest BCUT2D eigenvalue weighted by Crippen LogP contribution is -2.26. The molecule has 2 heterocycles. The van der Waals surface area contributed by atoms with Crippen molar-refractivity contribution in [2.75, 3.05) is 0 Å². The van der Waals surface area contributed by atoms with E-state index in [1.807, 2.05) is 11.4 Å². The van der Waals surface area contributed by atoms with Gasteiger partial charge in [-0.15, -0.1) is 11.3 Å². The maximum absolute atomic E-state index is 11.8. The van der Waals surface area contributed by atoms with Crippen molar-refractivity contribution < 1.29 is 14.0 Å². The van der Waals surface area contributed by atoms with Crippen LogP contribution in [-0.2, 0) is 0 Å². The molecule has 0 radical (unpaired) electrons. The van der Waals surface area contributed by atoms with Gasteiger partial charge in [0.1, 0.15) is 0 Å². The number of carbonyl (C=O) groups is 2. The topological polar surface area (TPSA) is 59.3 Å². The summed E-state index contributed by atoms with van der Waals surface area (Å²) in [5, 5.41) is 4.68. The highest BCUT2D eigenvalue weighted by Crippen LogP contribution is 2.34. The van der Waals surface area contributed by atoms with Gasteiger partial charge in [-0.3, -0.25) is 9.59 Å². The second kappa shape index (κ2) is 3.85. The molecule has 0 unspecified atom stereocenters. The fourth-order valence-electron chi connectivity index (χ4n) is 1.97. The minimum absolute atomic E-state index is 0.0970. The SMILES string of the molecule is O=C(N[C@@H]1CC(=O)c2sccc21)c1ccco1. The van der Waals surface area contributed by atoms with E-state index < -0.39 is 0 Å². The van der Waals surface area contributed by atoms with Crippen molar-refractivity contribution >= 4 is 23.0 Å². The predicted octanol–water partition coefficient (Wildman–Crippen LogP) is 2.40. The summed E-state index contributed by atoms with van der Waals surface area (Å²) in [6, 6.07) is 4.92. The summed E-state index contributed by atoms with van der Waals surface area (Å²) < 4.78 is 5.01. The lowest BCUT2D eigenvalue weighted by atomic mass is 10.2. The number of fused-ring (bicyclic) bond motifs is 1. The smallest absolute Gasteiger partial charge is 0.287 e. The van der Waals surface area contributed by atoms with Gasteiger partial charge in [0.05, 0.1) is 17.2 Å². The average molecular weight is 247 g/mol. The van der Waals surface area contributed by atoms with Crippen molar-refractivity contribution in [3.63, 3.8) is 0 Å². The molecule has 4 nitrogen and oxygen atoms in total. The van der Waals surface area contributed by atoms with Crippen molar-refractivity contribution in [3.8, 4) is 0 Å². The van der Waals surface area contributed by atoms with Gasteiger partial charge in [0, 0.05) is 6.42 Å². The lowest BCUT2D eigenvalue weighted by molar-refractivity contribution is 0.0901. The number of amides is 1. The zero-order valence-corrected chi connectivity index (χ0v) is 9.62. The monoisotopic (exact) mass is 247 g/mol. The van der Waals surface area contributed by atoms with Crippen LogP contribution in [0.15, 0.2) is 34.3 Å². The van der Waals surface area contributed by atoms with Crippen molar-refractivity contribution in [1.29, 1.82) is 0 Å². The third-order valence-electron chi connectivity index (χ3n) is 2.76. The zero-order chi connectivity index (χ0) is 11.8. The van der Waals surface area contributed by atoms with E-state index in [0.29, 0.717) is 6.42 Å². The molecule has 0 aliphatic heterocycles. The molecule has 0 bridgehead atoms. The highest BCUT2D eigenvalue weighted by Gasteiger charge is 2.31. The van der Waals surface area contributed by atoms with E-state index in [1.54, 1.807) is 12.1 Å². The molecular weight excluding hydrogens is 238 g/mol. The summed E-state index contributed by atoms with van der Waals surface area (Å²) in [5.41, 5.74) is 0.917. The number of hydrogen-bond acceptors (Lipinski definition) is 4. The van der Waals surface area contributed by atoms with Gasteiger partial charge in [-0.25, -0.2) is 0 Å². The molecule has 0 saturated carbocycles. The Hall–Kier alpha value is -1.88. The van der Waals surface area contributed by atoms with Gasteiger partial charge in [0.25, 0.3) is 5.91 Å². The molecule has 86 valence electrons. The minimum Gasteiger partial charge on any atom is -0.459 e. The first kappa shape index (κ1) is 10.3. The molecule has 0 spiro atoms. The van der Waals surface area contributed by atoms with E-state index in [2.05, 4.69) is 5.32 Å². The van der Waals surface area contributed by atoms with Crippen LogP contribution < -0.4 is 5.32 Å². The highest BCUT2D eigenvalue weighted by molar-refractivity contribution is 7.12. The van der Waals surface area contributed by atoms with Crippen molar-refractivity contribution in [1.82, 2.24) is 5.32 Å². The molecule has 1 amide bonds. The first-order valence-electron chi connectivity index (χ1n) is 5.20. The molecule has 1 N–H and O–H groups in total. The summed E-state index contributed by atoms with van der Waals surface area (Å²) in [6.07, 6.45) is 1.79. The van der Waals surface area contributed by atoms with Crippen LogP contribution in [0.2, 0.25) is 0 Å². The largest absolute Gasteiger partial charge is 0.459 e. The van der Waals surface area contributed by atoms with Crippen LogP contribution in [0.4, 0.5) is 0 Å². The summed E-state index contributed by atoms with van der Waals surface area (Å²) >= 11 is 1.42. The van der Waals surface area contributed by atoms with E-state index in [9.17, 15) is 9.59 Å². The number of hydrogen-bond donors (Lipinski definition) is 1. The van der Waals surface area contributed by atoms with Crippen LogP contribution in [0.3, 0.4) is 0 Å². The highest BCUT2D eigenvalue weighted by atomic mass is 32.1. The number of furan rings is 1. The molecule has 1 aliphatic rings. The average Bonchev–Trinajstić information content (AvgIpc) is 3.00. The molecule has 5 heteroatoms. The van der Waals surface area contributed by atoms with E-state index in [0.717, 1.165) is 10.4 Å². The molecule has 0 fully saturated rings. The maximum atomic E-state index is 11.8. The first-order valence-corrected chi connectivity index (χ1v) is 6.08. The quantitative estimate of drug-likeness (QED) is 0.886. The van der Waals surface area contributed by atoms with Gasteiger partial charge >= 0.3 is 0 Å².